The molecule has 1 aliphatic heterocycles. The maximum atomic E-state index is 12.9. The van der Waals surface area contributed by atoms with Gasteiger partial charge < -0.3 is 0 Å². The molecular weight excluding hydrogens is 402 g/mol. The quantitative estimate of drug-likeness (QED) is 0.548. The summed E-state index contributed by atoms with van der Waals surface area (Å²) in [4.78, 5) is 29.8. The summed E-state index contributed by atoms with van der Waals surface area (Å²) in [6.07, 6.45) is 0.849. The summed E-state index contributed by atoms with van der Waals surface area (Å²) >= 11 is 7.68. The number of amidine groups is 1. The van der Waals surface area contributed by atoms with E-state index in [-0.39, 0.29) is 18.1 Å². The van der Waals surface area contributed by atoms with E-state index in [9.17, 15) is 14.9 Å². The molecular formula is C18H20ClN5O3S. The fraction of sp³-hybridized carbons (Fsp3) is 0.389. The van der Waals surface area contributed by atoms with Gasteiger partial charge in [-0.1, -0.05) is 29.4 Å². The Morgan fingerprint density at radius 2 is 2.14 bits per heavy atom. The lowest BCUT2D eigenvalue weighted by atomic mass is 10.2. The van der Waals surface area contributed by atoms with Crippen LogP contribution in [0.2, 0.25) is 5.02 Å². The van der Waals surface area contributed by atoms with Gasteiger partial charge in [0, 0.05) is 17.3 Å². The van der Waals surface area contributed by atoms with Gasteiger partial charge in [0.05, 0.1) is 10.6 Å². The van der Waals surface area contributed by atoms with Crippen LogP contribution < -0.4 is 0 Å². The molecule has 1 aromatic heterocycles. The molecule has 0 atom stereocenters. The first-order chi connectivity index (χ1) is 13.3. The summed E-state index contributed by atoms with van der Waals surface area (Å²) < 4.78 is 1.38. The van der Waals surface area contributed by atoms with Gasteiger partial charge in [0.25, 0.3) is 0 Å². The third kappa shape index (κ3) is 4.20. The molecule has 0 saturated carbocycles. The van der Waals surface area contributed by atoms with E-state index in [1.807, 2.05) is 19.1 Å². The van der Waals surface area contributed by atoms with Crippen molar-refractivity contribution >= 4 is 45.8 Å². The van der Waals surface area contributed by atoms with Gasteiger partial charge in [-0.15, -0.1) is 0 Å². The molecule has 0 radical (unpaired) electrons. The van der Waals surface area contributed by atoms with Gasteiger partial charge in [0.2, 0.25) is 5.91 Å². The van der Waals surface area contributed by atoms with Crippen molar-refractivity contribution in [2.24, 2.45) is 4.99 Å². The molecule has 0 aliphatic carbocycles. The third-order valence-electron chi connectivity index (χ3n) is 4.48. The number of nitro groups is 1. The van der Waals surface area contributed by atoms with E-state index in [0.29, 0.717) is 33.8 Å². The highest BCUT2D eigenvalue weighted by atomic mass is 35.5. The average molecular weight is 422 g/mol. The lowest BCUT2D eigenvalue weighted by Gasteiger charge is -2.27. The van der Waals surface area contributed by atoms with Crippen molar-refractivity contribution in [1.82, 2.24) is 14.7 Å². The van der Waals surface area contributed by atoms with Crippen molar-refractivity contribution in [3.8, 4) is 0 Å². The number of halogens is 1. The molecule has 8 nitrogen and oxygen atoms in total. The van der Waals surface area contributed by atoms with Gasteiger partial charge in [-0.25, -0.2) is 4.99 Å². The summed E-state index contributed by atoms with van der Waals surface area (Å²) in [6.45, 7) is 5.55. The number of aliphatic imine (C=N–C) groups is 1. The number of carbonyl (C=O) groups excluding carboxylic acids is 1. The minimum Gasteiger partial charge on any atom is -0.290 e. The highest BCUT2D eigenvalue weighted by Gasteiger charge is 2.27. The Hall–Kier alpha value is -2.39. The van der Waals surface area contributed by atoms with E-state index in [1.165, 1.54) is 16.4 Å². The predicted molar refractivity (Wildman–Crippen MR) is 110 cm³/mol. The maximum Gasteiger partial charge on any atom is 0.312 e. The normalized spacial score (nSPS) is 15.9. The highest BCUT2D eigenvalue weighted by molar-refractivity contribution is 8.13. The number of thioether (sulfide) groups is 1. The second-order valence-electron chi connectivity index (χ2n) is 6.51. The minimum absolute atomic E-state index is 0.0518. The van der Waals surface area contributed by atoms with Crippen LogP contribution in [0.3, 0.4) is 0 Å². The predicted octanol–water partition coefficient (Wildman–Crippen LogP) is 4.02. The Labute approximate surface area is 171 Å². The van der Waals surface area contributed by atoms with Crippen molar-refractivity contribution in [2.75, 3.05) is 12.3 Å². The average Bonchev–Trinajstić information content (AvgIpc) is 2.92. The molecule has 0 bridgehead atoms. The second kappa shape index (κ2) is 8.32. The number of benzene rings is 1. The monoisotopic (exact) mass is 421 g/mol. The molecule has 1 amide bonds. The first-order valence-electron chi connectivity index (χ1n) is 8.74. The lowest BCUT2D eigenvalue weighted by molar-refractivity contribution is -0.386. The summed E-state index contributed by atoms with van der Waals surface area (Å²) in [5, 5.41) is 16.6. The molecule has 0 unspecified atom stereocenters. The summed E-state index contributed by atoms with van der Waals surface area (Å²) in [7, 11) is 0. The van der Waals surface area contributed by atoms with Crippen LogP contribution in [-0.4, -0.2) is 43.0 Å². The number of carbonyl (C=O) groups is 1. The molecule has 1 aromatic carbocycles. The van der Waals surface area contributed by atoms with E-state index < -0.39 is 4.92 Å². The lowest BCUT2D eigenvalue weighted by Crippen LogP contribution is -2.41. The van der Waals surface area contributed by atoms with Crippen molar-refractivity contribution in [1.29, 1.82) is 0 Å². The molecule has 1 fully saturated rings. The van der Waals surface area contributed by atoms with Crippen molar-refractivity contribution in [3.05, 3.63) is 50.3 Å². The Bertz CT molecular complexity index is 972. The molecule has 148 valence electrons. The Balaban J connectivity index is 1.85. The zero-order valence-corrected chi connectivity index (χ0v) is 17.4. The molecule has 2 heterocycles. The van der Waals surface area contributed by atoms with E-state index in [4.69, 9.17) is 11.6 Å². The van der Waals surface area contributed by atoms with Crippen LogP contribution in [-0.2, 0) is 11.3 Å². The van der Waals surface area contributed by atoms with Gasteiger partial charge in [0.15, 0.2) is 5.17 Å². The molecule has 28 heavy (non-hydrogen) atoms. The molecule has 0 N–H and O–H groups in total. The highest BCUT2D eigenvalue weighted by Crippen LogP contribution is 2.27. The minimum atomic E-state index is -0.469. The fourth-order valence-corrected chi connectivity index (χ4v) is 4.11. The van der Waals surface area contributed by atoms with Gasteiger partial charge in [-0.05, 0) is 44.9 Å². The smallest absolute Gasteiger partial charge is 0.290 e. The number of nitrogens with zero attached hydrogens (tertiary/aromatic N) is 5. The zero-order chi connectivity index (χ0) is 20.4. The molecule has 10 heteroatoms. The number of rotatable bonds is 4. The zero-order valence-electron chi connectivity index (χ0n) is 15.8. The molecule has 2 aromatic rings. The Kier molecular flexibility index (Phi) is 6.04. The summed E-state index contributed by atoms with van der Waals surface area (Å²) in [5.41, 5.74) is 2.25. The summed E-state index contributed by atoms with van der Waals surface area (Å²) in [6, 6.07) is 5.51. The van der Waals surface area contributed by atoms with Gasteiger partial charge in [-0.3, -0.25) is 24.5 Å². The van der Waals surface area contributed by atoms with Crippen LogP contribution in [0.5, 0.6) is 0 Å². The van der Waals surface area contributed by atoms with E-state index in [1.54, 1.807) is 24.8 Å². The number of hydrogen-bond donors (Lipinski definition) is 0. The van der Waals surface area contributed by atoms with Crippen LogP contribution in [0.15, 0.2) is 23.2 Å². The van der Waals surface area contributed by atoms with Gasteiger partial charge >= 0.3 is 5.69 Å². The molecule has 1 saturated heterocycles. The van der Waals surface area contributed by atoms with Gasteiger partial charge in [0.1, 0.15) is 17.9 Å². The van der Waals surface area contributed by atoms with E-state index in [2.05, 4.69) is 10.1 Å². The summed E-state index contributed by atoms with van der Waals surface area (Å²) in [5.74, 6) is 0.665. The van der Waals surface area contributed by atoms with Crippen molar-refractivity contribution < 1.29 is 9.72 Å². The first-order valence-corrected chi connectivity index (χ1v) is 10.1. The first kappa shape index (κ1) is 20.3. The molecule has 1 aliphatic rings. The second-order valence-corrected chi connectivity index (χ2v) is 7.98. The standard InChI is InChI=1S/C18H20ClN5O3S/c1-11-5-6-14(9-15(11)19)20-18-22(7-4-8-28-18)16(25)10-23-13(3)17(24(26)27)12(2)21-23/h5-6,9H,4,7-8,10H2,1-3H3. The van der Waals surface area contributed by atoms with Crippen LogP contribution in [0.25, 0.3) is 0 Å². The molecule has 3 rings (SSSR count). The van der Waals surface area contributed by atoms with Crippen LogP contribution in [0.1, 0.15) is 23.4 Å². The van der Waals surface area contributed by atoms with E-state index >= 15 is 0 Å². The van der Waals surface area contributed by atoms with E-state index in [0.717, 1.165) is 17.7 Å². The van der Waals surface area contributed by atoms with Crippen molar-refractivity contribution in [3.63, 3.8) is 0 Å². The fourth-order valence-electron chi connectivity index (χ4n) is 2.96. The number of aromatic nitrogens is 2. The Morgan fingerprint density at radius 3 is 2.79 bits per heavy atom. The third-order valence-corrected chi connectivity index (χ3v) is 5.95. The number of amides is 1. The van der Waals surface area contributed by atoms with Crippen molar-refractivity contribution in [2.45, 2.75) is 33.7 Å². The van der Waals surface area contributed by atoms with Crippen LogP contribution in [0, 0.1) is 30.9 Å². The number of hydrogen-bond acceptors (Lipinski definition) is 6. The number of aryl methyl sites for hydroxylation is 2. The maximum absolute atomic E-state index is 12.9. The molecule has 0 spiro atoms. The van der Waals surface area contributed by atoms with Crippen LogP contribution >= 0.6 is 23.4 Å². The SMILES string of the molecule is Cc1ccc(N=C2SCCCN2C(=O)Cn2nc(C)c([N+](=O)[O-])c2C)cc1Cl. The topological polar surface area (TPSA) is 93.6 Å². The van der Waals surface area contributed by atoms with Gasteiger partial charge in [-0.2, -0.15) is 5.10 Å². The van der Waals surface area contributed by atoms with Crippen LogP contribution in [0.4, 0.5) is 11.4 Å². The largest absolute Gasteiger partial charge is 0.312 e. The Morgan fingerprint density at radius 1 is 1.39 bits per heavy atom.